The number of benzene rings is 2. The molecule has 0 aromatic heterocycles. The number of hydrogen-bond donors (Lipinski definition) is 2. The number of imide groups is 1. The van der Waals surface area contributed by atoms with Gasteiger partial charge in [0, 0.05) is 4.47 Å². The second kappa shape index (κ2) is 7.35. The predicted octanol–water partition coefficient (Wildman–Crippen LogP) is 2.67. The van der Waals surface area contributed by atoms with Gasteiger partial charge in [-0.15, -0.1) is 0 Å². The molecule has 0 spiro atoms. The third-order valence-electron chi connectivity index (χ3n) is 3.71. The molecule has 2 N–H and O–H groups in total. The summed E-state index contributed by atoms with van der Waals surface area (Å²) in [4.78, 5) is 37.9. The minimum atomic E-state index is -0.831. The standard InChI is InChI=1S/C17H13BrClN3O3/c18-10-5-7-11(8-6-10)22-15(23)9-14(17(22)25)20-21-16(24)12-3-1-2-4-13(12)19/h1-8,14,20H,9H2,(H,21,24)/t14-/m0/s1. The average Bonchev–Trinajstić information content (AvgIpc) is 2.88. The van der Waals surface area contributed by atoms with Crippen LogP contribution in [0.4, 0.5) is 5.69 Å². The molecule has 1 saturated heterocycles. The molecule has 1 fully saturated rings. The number of hydrogen-bond acceptors (Lipinski definition) is 4. The Kier molecular flexibility index (Phi) is 5.17. The molecule has 2 aromatic carbocycles. The van der Waals surface area contributed by atoms with Crippen molar-refractivity contribution in [3.8, 4) is 0 Å². The molecule has 3 amide bonds. The minimum Gasteiger partial charge on any atom is -0.287 e. The van der Waals surface area contributed by atoms with Crippen LogP contribution in [0.5, 0.6) is 0 Å². The van der Waals surface area contributed by atoms with Crippen molar-refractivity contribution in [1.29, 1.82) is 0 Å². The van der Waals surface area contributed by atoms with E-state index in [1.807, 2.05) is 0 Å². The fourth-order valence-corrected chi connectivity index (χ4v) is 2.96. The predicted molar refractivity (Wildman–Crippen MR) is 97.1 cm³/mol. The van der Waals surface area contributed by atoms with Gasteiger partial charge >= 0.3 is 0 Å². The maximum atomic E-state index is 12.5. The Hall–Kier alpha value is -2.22. The summed E-state index contributed by atoms with van der Waals surface area (Å²) in [5, 5.41) is 0.298. The van der Waals surface area contributed by atoms with E-state index in [0.717, 1.165) is 9.37 Å². The zero-order chi connectivity index (χ0) is 18.0. The van der Waals surface area contributed by atoms with Crippen LogP contribution in [-0.2, 0) is 9.59 Å². The van der Waals surface area contributed by atoms with Crippen molar-refractivity contribution in [3.05, 3.63) is 63.6 Å². The van der Waals surface area contributed by atoms with Gasteiger partial charge in [-0.05, 0) is 36.4 Å². The molecule has 1 atom stereocenters. The van der Waals surface area contributed by atoms with Gasteiger partial charge in [0.15, 0.2) is 0 Å². The highest BCUT2D eigenvalue weighted by Crippen LogP contribution is 2.24. The maximum Gasteiger partial charge on any atom is 0.266 e. The second-order valence-corrected chi connectivity index (χ2v) is 6.70. The van der Waals surface area contributed by atoms with Gasteiger partial charge in [-0.25, -0.2) is 10.3 Å². The van der Waals surface area contributed by atoms with Crippen LogP contribution < -0.4 is 15.8 Å². The SMILES string of the molecule is O=C(NN[C@H]1CC(=O)N(c2ccc(Br)cc2)C1=O)c1ccccc1Cl. The Morgan fingerprint density at radius 3 is 2.48 bits per heavy atom. The Morgan fingerprint density at radius 1 is 1.12 bits per heavy atom. The quantitative estimate of drug-likeness (QED) is 0.586. The summed E-state index contributed by atoms with van der Waals surface area (Å²) in [7, 11) is 0. The molecular formula is C17H13BrClN3O3. The lowest BCUT2D eigenvalue weighted by Gasteiger charge is -2.16. The lowest BCUT2D eigenvalue weighted by atomic mass is 10.2. The molecule has 0 unspecified atom stereocenters. The summed E-state index contributed by atoms with van der Waals surface area (Å²) in [6.45, 7) is 0. The molecule has 6 nitrogen and oxygen atoms in total. The van der Waals surface area contributed by atoms with Gasteiger partial charge in [0.2, 0.25) is 5.91 Å². The Bertz CT molecular complexity index is 841. The Morgan fingerprint density at radius 2 is 1.80 bits per heavy atom. The number of nitrogens with zero attached hydrogens (tertiary/aromatic N) is 1. The van der Waals surface area contributed by atoms with Crippen molar-refractivity contribution in [3.63, 3.8) is 0 Å². The summed E-state index contributed by atoms with van der Waals surface area (Å²) in [6, 6.07) is 12.6. The molecular weight excluding hydrogens is 410 g/mol. The van der Waals surface area contributed by atoms with Gasteiger partial charge in [0.25, 0.3) is 11.8 Å². The van der Waals surface area contributed by atoms with E-state index in [-0.39, 0.29) is 17.9 Å². The molecule has 2 aromatic rings. The van der Waals surface area contributed by atoms with Gasteiger partial charge in [-0.3, -0.25) is 19.8 Å². The van der Waals surface area contributed by atoms with E-state index in [4.69, 9.17) is 11.6 Å². The Balaban J connectivity index is 1.67. The average molecular weight is 423 g/mol. The summed E-state index contributed by atoms with van der Waals surface area (Å²) in [5.41, 5.74) is 5.81. The Labute approximate surface area is 157 Å². The van der Waals surface area contributed by atoms with Gasteiger partial charge < -0.3 is 0 Å². The van der Waals surface area contributed by atoms with E-state index < -0.39 is 17.9 Å². The van der Waals surface area contributed by atoms with Crippen LogP contribution >= 0.6 is 27.5 Å². The fourth-order valence-electron chi connectivity index (χ4n) is 2.47. The van der Waals surface area contributed by atoms with Crippen LogP contribution in [-0.4, -0.2) is 23.8 Å². The first-order valence-corrected chi connectivity index (χ1v) is 8.57. The summed E-state index contributed by atoms with van der Waals surface area (Å²) < 4.78 is 0.844. The highest BCUT2D eigenvalue weighted by Gasteiger charge is 2.39. The number of nitrogens with one attached hydrogen (secondary N) is 2. The van der Waals surface area contributed by atoms with Crippen LogP contribution in [0, 0.1) is 0 Å². The molecule has 0 radical (unpaired) electrons. The minimum absolute atomic E-state index is 0.0439. The number of amides is 3. The smallest absolute Gasteiger partial charge is 0.266 e. The van der Waals surface area contributed by atoms with Crippen LogP contribution in [0.2, 0.25) is 5.02 Å². The van der Waals surface area contributed by atoms with Crippen molar-refractivity contribution < 1.29 is 14.4 Å². The van der Waals surface area contributed by atoms with Gasteiger partial charge in [0.1, 0.15) is 6.04 Å². The van der Waals surface area contributed by atoms with E-state index in [1.165, 1.54) is 0 Å². The largest absolute Gasteiger partial charge is 0.287 e. The molecule has 3 rings (SSSR count). The number of halogens is 2. The van der Waals surface area contributed by atoms with Crippen molar-refractivity contribution in [2.45, 2.75) is 12.5 Å². The molecule has 8 heteroatoms. The van der Waals surface area contributed by atoms with Crippen molar-refractivity contribution in [2.24, 2.45) is 0 Å². The van der Waals surface area contributed by atoms with Gasteiger partial charge in [-0.2, -0.15) is 0 Å². The molecule has 0 bridgehead atoms. The highest BCUT2D eigenvalue weighted by molar-refractivity contribution is 9.10. The molecule has 0 aliphatic carbocycles. The van der Waals surface area contributed by atoms with E-state index in [1.54, 1.807) is 48.5 Å². The maximum absolute atomic E-state index is 12.5. The topological polar surface area (TPSA) is 78.5 Å². The summed E-state index contributed by atoms with van der Waals surface area (Å²) >= 11 is 9.27. The first kappa shape index (κ1) is 17.6. The number of hydrazine groups is 1. The lowest BCUT2D eigenvalue weighted by Crippen LogP contribution is -2.48. The molecule has 1 heterocycles. The molecule has 1 aliphatic heterocycles. The number of rotatable bonds is 4. The highest BCUT2D eigenvalue weighted by atomic mass is 79.9. The van der Waals surface area contributed by atoms with E-state index in [2.05, 4.69) is 26.8 Å². The third kappa shape index (κ3) is 3.73. The van der Waals surface area contributed by atoms with Crippen LogP contribution in [0.3, 0.4) is 0 Å². The molecule has 128 valence electrons. The number of carbonyl (C=O) groups excluding carboxylic acids is 3. The van der Waals surface area contributed by atoms with E-state index in [9.17, 15) is 14.4 Å². The van der Waals surface area contributed by atoms with Crippen molar-refractivity contribution in [1.82, 2.24) is 10.9 Å². The third-order valence-corrected chi connectivity index (χ3v) is 4.57. The monoisotopic (exact) mass is 421 g/mol. The van der Waals surface area contributed by atoms with Crippen molar-refractivity contribution in [2.75, 3.05) is 4.90 Å². The van der Waals surface area contributed by atoms with Crippen LogP contribution in [0.25, 0.3) is 0 Å². The van der Waals surface area contributed by atoms with E-state index >= 15 is 0 Å². The zero-order valence-electron chi connectivity index (χ0n) is 12.8. The number of anilines is 1. The van der Waals surface area contributed by atoms with Crippen LogP contribution in [0.15, 0.2) is 53.0 Å². The lowest BCUT2D eigenvalue weighted by molar-refractivity contribution is -0.121. The van der Waals surface area contributed by atoms with Gasteiger partial charge in [0.05, 0.1) is 22.7 Å². The first-order chi connectivity index (χ1) is 12.0. The second-order valence-electron chi connectivity index (χ2n) is 5.38. The van der Waals surface area contributed by atoms with Crippen LogP contribution in [0.1, 0.15) is 16.8 Å². The molecule has 0 saturated carbocycles. The van der Waals surface area contributed by atoms with E-state index in [0.29, 0.717) is 10.7 Å². The normalized spacial score (nSPS) is 17.0. The number of carbonyl (C=O) groups is 3. The first-order valence-electron chi connectivity index (χ1n) is 7.40. The summed E-state index contributed by atoms with van der Waals surface area (Å²) in [6.07, 6.45) is -0.0439. The summed E-state index contributed by atoms with van der Waals surface area (Å²) in [5.74, 6) is -1.24. The fraction of sp³-hybridized carbons (Fsp3) is 0.118. The molecule has 1 aliphatic rings. The zero-order valence-corrected chi connectivity index (χ0v) is 15.2. The van der Waals surface area contributed by atoms with Gasteiger partial charge in [-0.1, -0.05) is 39.7 Å². The van der Waals surface area contributed by atoms with Crippen molar-refractivity contribution >= 4 is 50.9 Å². The molecule has 25 heavy (non-hydrogen) atoms.